The van der Waals surface area contributed by atoms with Gasteiger partial charge in [0.2, 0.25) is 0 Å². The highest BCUT2D eigenvalue weighted by molar-refractivity contribution is 4.69. The van der Waals surface area contributed by atoms with Crippen molar-refractivity contribution < 1.29 is 0 Å². The summed E-state index contributed by atoms with van der Waals surface area (Å²) in [5, 5.41) is 3.42. The quantitative estimate of drug-likeness (QED) is 0.504. The molecule has 20 heavy (non-hydrogen) atoms. The molecule has 5 heteroatoms. The zero-order valence-electron chi connectivity index (χ0n) is 14.4. The van der Waals surface area contributed by atoms with Gasteiger partial charge in [0.15, 0.2) is 0 Å². The van der Waals surface area contributed by atoms with E-state index >= 15 is 0 Å². The van der Waals surface area contributed by atoms with Crippen LogP contribution in [0.5, 0.6) is 0 Å². The van der Waals surface area contributed by atoms with Gasteiger partial charge in [-0.05, 0) is 67.6 Å². The van der Waals surface area contributed by atoms with Gasteiger partial charge >= 0.3 is 0 Å². The molecule has 5 nitrogen and oxygen atoms in total. The van der Waals surface area contributed by atoms with Crippen molar-refractivity contribution in [3.05, 3.63) is 0 Å². The van der Waals surface area contributed by atoms with E-state index in [1.807, 2.05) is 0 Å². The number of rotatable bonds is 13. The standard InChI is InChI=1S/C15H37N5/c1-17-15(7-6-9-16)8-10-20(13-11-18(2)3)14-12-19(4)5/h15,17H,6-14,16H2,1-5H3. The first kappa shape index (κ1) is 19.8. The molecule has 0 aromatic rings. The van der Waals surface area contributed by atoms with E-state index in [-0.39, 0.29) is 0 Å². The molecular weight excluding hydrogens is 250 g/mol. The van der Waals surface area contributed by atoms with E-state index in [1.54, 1.807) is 0 Å². The van der Waals surface area contributed by atoms with Crippen molar-refractivity contribution >= 4 is 0 Å². The van der Waals surface area contributed by atoms with Crippen LogP contribution >= 0.6 is 0 Å². The van der Waals surface area contributed by atoms with Crippen molar-refractivity contribution in [3.8, 4) is 0 Å². The first-order valence-corrected chi connectivity index (χ1v) is 7.88. The van der Waals surface area contributed by atoms with Crippen LogP contribution in [-0.2, 0) is 0 Å². The Kier molecular flexibility index (Phi) is 12.4. The minimum Gasteiger partial charge on any atom is -0.330 e. The summed E-state index contributed by atoms with van der Waals surface area (Å²) < 4.78 is 0. The molecule has 0 radical (unpaired) electrons. The maximum Gasteiger partial charge on any atom is 0.0110 e. The van der Waals surface area contributed by atoms with Crippen LogP contribution in [0.2, 0.25) is 0 Å². The predicted octanol–water partition coefficient (Wildman–Crippen LogP) is 0.129. The molecule has 1 unspecified atom stereocenters. The summed E-state index contributed by atoms with van der Waals surface area (Å²) in [6.07, 6.45) is 3.50. The number of nitrogens with two attached hydrogens (primary N) is 1. The Bertz CT molecular complexity index is 196. The van der Waals surface area contributed by atoms with Gasteiger partial charge in [0.05, 0.1) is 0 Å². The second-order valence-corrected chi connectivity index (χ2v) is 6.15. The molecule has 1 atom stereocenters. The summed E-state index contributed by atoms with van der Waals surface area (Å²) in [6, 6.07) is 0.597. The van der Waals surface area contributed by atoms with Crippen molar-refractivity contribution in [3.63, 3.8) is 0 Å². The Morgan fingerprint density at radius 1 is 0.850 bits per heavy atom. The Morgan fingerprint density at radius 3 is 1.80 bits per heavy atom. The van der Waals surface area contributed by atoms with Gasteiger partial charge in [-0.2, -0.15) is 0 Å². The molecule has 0 rings (SSSR count). The van der Waals surface area contributed by atoms with Crippen LogP contribution in [0.1, 0.15) is 19.3 Å². The van der Waals surface area contributed by atoms with E-state index in [9.17, 15) is 0 Å². The molecule has 0 aliphatic heterocycles. The number of hydrogen-bond acceptors (Lipinski definition) is 5. The summed E-state index contributed by atoms with van der Waals surface area (Å²) in [4.78, 5) is 7.09. The summed E-state index contributed by atoms with van der Waals surface area (Å²) in [5.74, 6) is 0. The van der Waals surface area contributed by atoms with Gasteiger partial charge in [0, 0.05) is 32.2 Å². The average Bonchev–Trinajstić information content (AvgIpc) is 2.40. The molecular formula is C15H37N5. The SMILES string of the molecule is CNC(CCCN)CCN(CCN(C)C)CCN(C)C. The molecule has 0 bridgehead atoms. The molecule has 0 fully saturated rings. The first-order valence-electron chi connectivity index (χ1n) is 7.88. The largest absolute Gasteiger partial charge is 0.330 e. The number of nitrogens with one attached hydrogen (secondary N) is 1. The number of nitrogens with zero attached hydrogens (tertiary/aromatic N) is 3. The maximum atomic E-state index is 5.60. The third-order valence-corrected chi connectivity index (χ3v) is 3.69. The lowest BCUT2D eigenvalue weighted by molar-refractivity contribution is 0.209. The zero-order valence-corrected chi connectivity index (χ0v) is 14.4. The highest BCUT2D eigenvalue weighted by atomic mass is 15.2. The third kappa shape index (κ3) is 11.6. The molecule has 0 saturated carbocycles. The predicted molar refractivity (Wildman–Crippen MR) is 89.3 cm³/mol. The van der Waals surface area contributed by atoms with Gasteiger partial charge < -0.3 is 25.8 Å². The van der Waals surface area contributed by atoms with Crippen LogP contribution in [0.25, 0.3) is 0 Å². The van der Waals surface area contributed by atoms with Gasteiger partial charge in [0.25, 0.3) is 0 Å². The topological polar surface area (TPSA) is 47.8 Å². The molecule has 0 spiro atoms. The van der Waals surface area contributed by atoms with Gasteiger partial charge in [-0.15, -0.1) is 0 Å². The van der Waals surface area contributed by atoms with Gasteiger partial charge in [-0.25, -0.2) is 0 Å². The summed E-state index contributed by atoms with van der Waals surface area (Å²) in [5.41, 5.74) is 5.60. The highest BCUT2D eigenvalue weighted by Crippen LogP contribution is 2.03. The number of hydrogen-bond donors (Lipinski definition) is 2. The van der Waals surface area contributed by atoms with Crippen LogP contribution in [0.3, 0.4) is 0 Å². The number of likely N-dealkylation sites (N-methyl/N-ethyl adjacent to an activating group) is 2. The molecule has 0 aromatic heterocycles. The Balaban J connectivity index is 4.09. The molecule has 0 aliphatic rings. The molecule has 0 saturated heterocycles. The highest BCUT2D eigenvalue weighted by Gasteiger charge is 2.10. The van der Waals surface area contributed by atoms with Gasteiger partial charge in [0.1, 0.15) is 0 Å². The van der Waals surface area contributed by atoms with Crippen LogP contribution in [-0.4, -0.2) is 95.2 Å². The van der Waals surface area contributed by atoms with Crippen LogP contribution < -0.4 is 11.1 Å². The summed E-state index contributed by atoms with van der Waals surface area (Å²) in [7, 11) is 10.6. The monoisotopic (exact) mass is 287 g/mol. The van der Waals surface area contributed by atoms with Crippen molar-refractivity contribution in [2.75, 3.05) is 74.5 Å². The Hall–Kier alpha value is -0.200. The smallest absolute Gasteiger partial charge is 0.0110 e. The zero-order chi connectivity index (χ0) is 15.4. The third-order valence-electron chi connectivity index (χ3n) is 3.69. The Labute approximate surface area is 126 Å². The van der Waals surface area contributed by atoms with E-state index < -0.39 is 0 Å². The lowest BCUT2D eigenvalue weighted by Gasteiger charge is -2.27. The van der Waals surface area contributed by atoms with E-state index in [0.717, 1.165) is 45.7 Å². The minimum absolute atomic E-state index is 0.597. The van der Waals surface area contributed by atoms with Crippen LogP contribution in [0, 0.1) is 0 Å². The van der Waals surface area contributed by atoms with Crippen molar-refractivity contribution in [1.82, 2.24) is 20.0 Å². The van der Waals surface area contributed by atoms with Crippen LogP contribution in [0.4, 0.5) is 0 Å². The molecule has 122 valence electrons. The maximum absolute atomic E-state index is 5.60. The molecule has 0 aromatic carbocycles. The molecule has 0 heterocycles. The molecule has 0 amide bonds. The lowest BCUT2D eigenvalue weighted by Crippen LogP contribution is -2.39. The van der Waals surface area contributed by atoms with E-state index in [2.05, 4.69) is 55.3 Å². The molecule has 0 aliphatic carbocycles. The van der Waals surface area contributed by atoms with Gasteiger partial charge in [-0.1, -0.05) is 0 Å². The normalized spacial score (nSPS) is 13.7. The minimum atomic E-state index is 0.597. The van der Waals surface area contributed by atoms with E-state index in [4.69, 9.17) is 5.73 Å². The fourth-order valence-corrected chi connectivity index (χ4v) is 2.15. The summed E-state index contributed by atoms with van der Waals surface area (Å²) in [6.45, 7) is 6.50. The van der Waals surface area contributed by atoms with Crippen molar-refractivity contribution in [2.45, 2.75) is 25.3 Å². The van der Waals surface area contributed by atoms with E-state index in [0.29, 0.717) is 6.04 Å². The second kappa shape index (κ2) is 12.5. The van der Waals surface area contributed by atoms with Crippen molar-refractivity contribution in [2.24, 2.45) is 5.73 Å². The van der Waals surface area contributed by atoms with Gasteiger partial charge in [-0.3, -0.25) is 0 Å². The first-order chi connectivity index (χ1) is 9.49. The fraction of sp³-hybridized carbons (Fsp3) is 1.00. The van der Waals surface area contributed by atoms with Crippen molar-refractivity contribution in [1.29, 1.82) is 0 Å². The Morgan fingerprint density at radius 2 is 1.40 bits per heavy atom. The van der Waals surface area contributed by atoms with Crippen LogP contribution in [0.15, 0.2) is 0 Å². The summed E-state index contributed by atoms with van der Waals surface area (Å²) >= 11 is 0. The van der Waals surface area contributed by atoms with E-state index in [1.165, 1.54) is 12.8 Å². The fourth-order valence-electron chi connectivity index (χ4n) is 2.15. The second-order valence-electron chi connectivity index (χ2n) is 6.15. The molecule has 3 N–H and O–H groups in total. The lowest BCUT2D eigenvalue weighted by atomic mass is 10.1. The average molecular weight is 287 g/mol.